The third kappa shape index (κ3) is 2.29. The molecule has 2 aliphatic rings. The Hall–Kier alpha value is -1.08. The van der Waals surface area contributed by atoms with Crippen LogP contribution in [0.2, 0.25) is 0 Å². The minimum Gasteiger partial charge on any atom is -0.288 e. The van der Waals surface area contributed by atoms with Gasteiger partial charge in [0.05, 0.1) is 6.07 Å². The van der Waals surface area contributed by atoms with E-state index in [0.717, 1.165) is 12.8 Å². The highest BCUT2D eigenvalue weighted by atomic mass is 16.2. The first-order valence-corrected chi connectivity index (χ1v) is 5.77. The molecular formula is C11H17N3O. The smallest absolute Gasteiger partial charge is 0.235 e. The Morgan fingerprint density at radius 2 is 2.13 bits per heavy atom. The normalized spacial score (nSPS) is 25.9. The van der Waals surface area contributed by atoms with E-state index >= 15 is 0 Å². The molecule has 1 amide bonds. The van der Waals surface area contributed by atoms with Gasteiger partial charge in [0.15, 0.2) is 0 Å². The minimum absolute atomic E-state index is 0.0473. The fourth-order valence-electron chi connectivity index (χ4n) is 2.58. The van der Waals surface area contributed by atoms with E-state index in [9.17, 15) is 10.1 Å². The van der Waals surface area contributed by atoms with Gasteiger partial charge in [0.1, 0.15) is 6.04 Å². The zero-order valence-corrected chi connectivity index (χ0v) is 8.91. The Bertz CT molecular complexity index is 278. The largest absolute Gasteiger partial charge is 0.288 e. The van der Waals surface area contributed by atoms with Gasteiger partial charge in [-0.2, -0.15) is 5.26 Å². The van der Waals surface area contributed by atoms with Gasteiger partial charge in [-0.05, 0) is 18.8 Å². The highest BCUT2D eigenvalue weighted by Gasteiger charge is 2.32. The van der Waals surface area contributed by atoms with E-state index in [0.29, 0.717) is 18.9 Å². The molecule has 1 unspecified atom stereocenters. The molecule has 0 radical (unpaired) electrons. The van der Waals surface area contributed by atoms with E-state index in [4.69, 9.17) is 0 Å². The molecule has 1 N–H and O–H groups in total. The van der Waals surface area contributed by atoms with E-state index in [-0.39, 0.29) is 11.9 Å². The number of hydrogen-bond donors (Lipinski definition) is 1. The number of amides is 1. The molecule has 0 aromatic carbocycles. The number of nitriles is 1. The summed E-state index contributed by atoms with van der Waals surface area (Å²) in [6.07, 6.45) is 6.54. The maximum absolute atomic E-state index is 11.1. The van der Waals surface area contributed by atoms with Crippen LogP contribution < -0.4 is 5.43 Å². The quantitative estimate of drug-likeness (QED) is 0.740. The summed E-state index contributed by atoms with van der Waals surface area (Å²) in [6, 6.07) is 2.23. The van der Waals surface area contributed by atoms with Crippen molar-refractivity contribution in [3.63, 3.8) is 0 Å². The second kappa shape index (κ2) is 4.63. The molecular weight excluding hydrogens is 190 g/mol. The van der Waals surface area contributed by atoms with Gasteiger partial charge in [0, 0.05) is 13.0 Å². The molecule has 1 aliphatic heterocycles. The summed E-state index contributed by atoms with van der Waals surface area (Å²) in [5, 5.41) is 11.0. The van der Waals surface area contributed by atoms with Crippen molar-refractivity contribution in [1.82, 2.24) is 10.4 Å². The van der Waals surface area contributed by atoms with E-state index in [1.54, 1.807) is 0 Å². The summed E-state index contributed by atoms with van der Waals surface area (Å²) >= 11 is 0. The topological polar surface area (TPSA) is 56.1 Å². The summed E-state index contributed by atoms with van der Waals surface area (Å²) < 4.78 is 0. The Morgan fingerprint density at radius 1 is 1.40 bits per heavy atom. The minimum atomic E-state index is -0.114. The number of carbonyl (C=O) groups is 1. The van der Waals surface area contributed by atoms with Crippen LogP contribution in [0.15, 0.2) is 0 Å². The molecule has 15 heavy (non-hydrogen) atoms. The van der Waals surface area contributed by atoms with Crippen molar-refractivity contribution in [3.8, 4) is 6.07 Å². The van der Waals surface area contributed by atoms with Gasteiger partial charge in [-0.15, -0.1) is 0 Å². The van der Waals surface area contributed by atoms with Crippen LogP contribution in [0.3, 0.4) is 0 Å². The fraction of sp³-hybridized carbons (Fsp3) is 0.818. The number of hydrogen-bond acceptors (Lipinski definition) is 3. The van der Waals surface area contributed by atoms with Gasteiger partial charge in [-0.1, -0.05) is 19.3 Å². The van der Waals surface area contributed by atoms with Crippen molar-refractivity contribution >= 4 is 5.91 Å². The Balaban J connectivity index is 1.97. The van der Waals surface area contributed by atoms with Crippen LogP contribution in [-0.2, 0) is 4.79 Å². The van der Waals surface area contributed by atoms with Crippen LogP contribution in [-0.4, -0.2) is 23.5 Å². The van der Waals surface area contributed by atoms with Crippen molar-refractivity contribution < 1.29 is 4.79 Å². The standard InChI is InChI=1S/C11H17N3O/c12-8-10(9-4-2-1-3-5-9)14-7-6-11(15)13-14/h9-10H,1-7H2,(H,13,15). The predicted molar refractivity (Wildman–Crippen MR) is 55.4 cm³/mol. The zero-order valence-electron chi connectivity index (χ0n) is 8.91. The van der Waals surface area contributed by atoms with Gasteiger partial charge in [0.2, 0.25) is 5.91 Å². The van der Waals surface area contributed by atoms with Crippen molar-refractivity contribution in [1.29, 1.82) is 5.26 Å². The van der Waals surface area contributed by atoms with E-state index < -0.39 is 0 Å². The molecule has 4 nitrogen and oxygen atoms in total. The van der Waals surface area contributed by atoms with Crippen LogP contribution in [0.5, 0.6) is 0 Å². The second-order valence-corrected chi connectivity index (χ2v) is 4.45. The van der Waals surface area contributed by atoms with Gasteiger partial charge < -0.3 is 0 Å². The lowest BCUT2D eigenvalue weighted by molar-refractivity contribution is -0.121. The Kier molecular flexibility index (Phi) is 3.22. The molecule has 0 aromatic rings. The van der Waals surface area contributed by atoms with Crippen molar-refractivity contribution in [2.45, 2.75) is 44.6 Å². The first-order valence-electron chi connectivity index (χ1n) is 5.77. The Labute approximate surface area is 90.2 Å². The van der Waals surface area contributed by atoms with Crippen LogP contribution in [0.4, 0.5) is 0 Å². The van der Waals surface area contributed by atoms with Crippen molar-refractivity contribution in [2.24, 2.45) is 5.92 Å². The lowest BCUT2D eigenvalue weighted by Crippen LogP contribution is -2.45. The van der Waals surface area contributed by atoms with E-state index in [1.807, 2.05) is 5.01 Å². The summed E-state index contributed by atoms with van der Waals surface area (Å²) in [5.74, 6) is 0.494. The number of nitrogens with zero attached hydrogens (tertiary/aromatic N) is 2. The van der Waals surface area contributed by atoms with Crippen LogP contribution in [0.1, 0.15) is 38.5 Å². The van der Waals surface area contributed by atoms with Gasteiger partial charge >= 0.3 is 0 Å². The first-order chi connectivity index (χ1) is 7.31. The van der Waals surface area contributed by atoms with Gasteiger partial charge in [-0.25, -0.2) is 5.01 Å². The van der Waals surface area contributed by atoms with E-state index in [2.05, 4.69) is 11.5 Å². The maximum atomic E-state index is 11.1. The zero-order chi connectivity index (χ0) is 10.7. The molecule has 2 rings (SSSR count). The molecule has 1 heterocycles. The highest BCUT2D eigenvalue weighted by molar-refractivity contribution is 5.77. The van der Waals surface area contributed by atoms with Crippen molar-refractivity contribution in [3.05, 3.63) is 0 Å². The maximum Gasteiger partial charge on any atom is 0.235 e. The first kappa shape index (κ1) is 10.4. The fourth-order valence-corrected chi connectivity index (χ4v) is 2.58. The highest BCUT2D eigenvalue weighted by Crippen LogP contribution is 2.28. The molecule has 82 valence electrons. The second-order valence-electron chi connectivity index (χ2n) is 4.45. The molecule has 0 spiro atoms. The lowest BCUT2D eigenvalue weighted by atomic mass is 9.84. The number of nitrogens with one attached hydrogen (secondary N) is 1. The van der Waals surface area contributed by atoms with Crippen LogP contribution >= 0.6 is 0 Å². The predicted octanol–water partition coefficient (Wildman–Crippen LogP) is 1.20. The summed E-state index contributed by atoms with van der Waals surface area (Å²) in [5.41, 5.74) is 2.77. The summed E-state index contributed by atoms with van der Waals surface area (Å²) in [4.78, 5) is 11.1. The monoisotopic (exact) mass is 207 g/mol. The third-order valence-electron chi connectivity index (χ3n) is 3.41. The average Bonchev–Trinajstić information content (AvgIpc) is 2.68. The molecule has 0 bridgehead atoms. The lowest BCUT2D eigenvalue weighted by Gasteiger charge is -2.31. The molecule has 4 heteroatoms. The number of hydrazine groups is 1. The van der Waals surface area contributed by atoms with Crippen molar-refractivity contribution in [2.75, 3.05) is 6.54 Å². The molecule has 1 saturated carbocycles. The molecule has 0 aromatic heterocycles. The average molecular weight is 207 g/mol. The number of carbonyl (C=O) groups excluding carboxylic acids is 1. The SMILES string of the molecule is N#CC(C1CCCCC1)N1CCC(=O)N1. The van der Waals surface area contributed by atoms with Gasteiger partial charge in [0.25, 0.3) is 0 Å². The Morgan fingerprint density at radius 3 is 2.67 bits per heavy atom. The number of rotatable bonds is 2. The van der Waals surface area contributed by atoms with E-state index in [1.165, 1.54) is 19.3 Å². The van der Waals surface area contributed by atoms with Crippen LogP contribution in [0, 0.1) is 17.2 Å². The molecule has 1 atom stereocenters. The summed E-state index contributed by atoms with van der Waals surface area (Å²) in [7, 11) is 0. The molecule has 2 fully saturated rings. The summed E-state index contributed by atoms with van der Waals surface area (Å²) in [6.45, 7) is 0.688. The van der Waals surface area contributed by atoms with Gasteiger partial charge in [-0.3, -0.25) is 10.2 Å². The third-order valence-corrected chi connectivity index (χ3v) is 3.41. The molecule has 1 aliphatic carbocycles. The van der Waals surface area contributed by atoms with Crippen LogP contribution in [0.25, 0.3) is 0 Å². The molecule has 1 saturated heterocycles.